The zero-order valence-corrected chi connectivity index (χ0v) is 12.7. The third-order valence-corrected chi connectivity index (χ3v) is 3.29. The SMILES string of the molecule is COc1c(Br)ccnc1NCCCn1cc(CO)nn1. The minimum atomic E-state index is -0.0859. The Morgan fingerprint density at radius 3 is 3.05 bits per heavy atom. The molecule has 0 saturated heterocycles. The fourth-order valence-electron chi connectivity index (χ4n) is 1.71. The van der Waals surface area contributed by atoms with Gasteiger partial charge in [-0.05, 0) is 28.4 Å². The van der Waals surface area contributed by atoms with Crippen molar-refractivity contribution < 1.29 is 9.84 Å². The Labute approximate surface area is 125 Å². The number of rotatable bonds is 7. The summed E-state index contributed by atoms with van der Waals surface area (Å²) in [5.74, 6) is 1.40. The van der Waals surface area contributed by atoms with Gasteiger partial charge in [0.15, 0.2) is 11.6 Å². The van der Waals surface area contributed by atoms with Gasteiger partial charge in [0.2, 0.25) is 0 Å². The molecule has 0 atom stereocenters. The number of halogens is 1. The minimum Gasteiger partial charge on any atom is -0.492 e. The Hall–Kier alpha value is -1.67. The number of hydrogen-bond acceptors (Lipinski definition) is 6. The second-order valence-corrected chi connectivity index (χ2v) is 4.94. The van der Waals surface area contributed by atoms with Crippen molar-refractivity contribution in [3.63, 3.8) is 0 Å². The van der Waals surface area contributed by atoms with Crippen LogP contribution in [0.15, 0.2) is 22.9 Å². The molecule has 2 aromatic rings. The Kier molecular flexibility index (Phi) is 5.31. The van der Waals surface area contributed by atoms with E-state index in [1.165, 1.54) is 0 Å². The van der Waals surface area contributed by atoms with Crippen molar-refractivity contribution in [2.45, 2.75) is 19.6 Å². The van der Waals surface area contributed by atoms with Crippen molar-refractivity contribution in [3.05, 3.63) is 28.6 Å². The van der Waals surface area contributed by atoms with Crippen LogP contribution in [-0.2, 0) is 13.2 Å². The van der Waals surface area contributed by atoms with Crippen molar-refractivity contribution in [2.75, 3.05) is 19.0 Å². The molecule has 8 heteroatoms. The highest BCUT2D eigenvalue weighted by Gasteiger charge is 2.07. The van der Waals surface area contributed by atoms with E-state index in [4.69, 9.17) is 9.84 Å². The number of aryl methyl sites for hydroxylation is 1. The van der Waals surface area contributed by atoms with Gasteiger partial charge in [-0.15, -0.1) is 5.10 Å². The molecule has 0 aliphatic rings. The highest BCUT2D eigenvalue weighted by atomic mass is 79.9. The van der Waals surface area contributed by atoms with Crippen LogP contribution in [0.5, 0.6) is 5.75 Å². The summed E-state index contributed by atoms with van der Waals surface area (Å²) in [5, 5.41) is 19.8. The second-order valence-electron chi connectivity index (χ2n) is 4.09. The summed E-state index contributed by atoms with van der Waals surface area (Å²) in [6.07, 6.45) is 4.30. The molecule has 0 radical (unpaired) electrons. The summed E-state index contributed by atoms with van der Waals surface area (Å²) in [7, 11) is 1.61. The Bertz CT molecular complexity index is 561. The molecule has 0 saturated carbocycles. The topological polar surface area (TPSA) is 85.1 Å². The molecule has 2 heterocycles. The molecule has 20 heavy (non-hydrogen) atoms. The summed E-state index contributed by atoms with van der Waals surface area (Å²) >= 11 is 3.41. The third kappa shape index (κ3) is 3.67. The quantitative estimate of drug-likeness (QED) is 0.741. The van der Waals surface area contributed by atoms with E-state index in [9.17, 15) is 0 Å². The second kappa shape index (κ2) is 7.20. The first kappa shape index (κ1) is 14.7. The molecule has 2 N–H and O–H groups in total. The van der Waals surface area contributed by atoms with E-state index in [2.05, 4.69) is 36.5 Å². The Morgan fingerprint density at radius 2 is 2.35 bits per heavy atom. The maximum Gasteiger partial charge on any atom is 0.175 e. The van der Waals surface area contributed by atoms with Crippen LogP contribution in [0, 0.1) is 0 Å². The Morgan fingerprint density at radius 1 is 1.50 bits per heavy atom. The van der Waals surface area contributed by atoms with Crippen molar-refractivity contribution in [2.24, 2.45) is 0 Å². The molecular weight excluding hydrogens is 326 g/mol. The average Bonchev–Trinajstić information content (AvgIpc) is 2.92. The van der Waals surface area contributed by atoms with Crippen LogP contribution in [0.2, 0.25) is 0 Å². The van der Waals surface area contributed by atoms with Crippen molar-refractivity contribution in [3.8, 4) is 5.75 Å². The number of nitrogens with zero attached hydrogens (tertiary/aromatic N) is 4. The zero-order valence-electron chi connectivity index (χ0n) is 11.1. The van der Waals surface area contributed by atoms with Gasteiger partial charge >= 0.3 is 0 Å². The van der Waals surface area contributed by atoms with Crippen molar-refractivity contribution in [1.82, 2.24) is 20.0 Å². The average molecular weight is 342 g/mol. The van der Waals surface area contributed by atoms with E-state index in [0.717, 1.165) is 24.0 Å². The van der Waals surface area contributed by atoms with Gasteiger partial charge < -0.3 is 15.2 Å². The summed E-state index contributed by atoms with van der Waals surface area (Å²) < 4.78 is 7.85. The maximum absolute atomic E-state index is 8.90. The zero-order chi connectivity index (χ0) is 14.4. The van der Waals surface area contributed by atoms with E-state index >= 15 is 0 Å². The molecule has 2 aromatic heterocycles. The molecule has 0 aliphatic carbocycles. The van der Waals surface area contributed by atoms with E-state index < -0.39 is 0 Å². The number of pyridine rings is 1. The highest BCUT2D eigenvalue weighted by molar-refractivity contribution is 9.10. The van der Waals surface area contributed by atoms with Crippen LogP contribution in [0.4, 0.5) is 5.82 Å². The number of aliphatic hydroxyl groups excluding tert-OH is 1. The van der Waals surface area contributed by atoms with Gasteiger partial charge in [0.1, 0.15) is 5.69 Å². The van der Waals surface area contributed by atoms with Crippen LogP contribution in [-0.4, -0.2) is 38.7 Å². The molecular formula is C12H16BrN5O2. The minimum absolute atomic E-state index is 0.0859. The lowest BCUT2D eigenvalue weighted by atomic mass is 10.4. The number of ether oxygens (including phenoxy) is 1. The number of aliphatic hydroxyl groups is 1. The molecule has 0 aromatic carbocycles. The smallest absolute Gasteiger partial charge is 0.175 e. The number of aromatic nitrogens is 4. The van der Waals surface area contributed by atoms with Crippen molar-refractivity contribution >= 4 is 21.7 Å². The Balaban J connectivity index is 1.82. The van der Waals surface area contributed by atoms with Gasteiger partial charge in [-0.2, -0.15) is 0 Å². The normalized spacial score (nSPS) is 10.6. The summed E-state index contributed by atoms with van der Waals surface area (Å²) in [6, 6.07) is 1.83. The number of anilines is 1. The standard InChI is InChI=1S/C12H16BrN5O2/c1-20-11-10(13)3-5-15-12(11)14-4-2-6-18-7-9(8-19)16-17-18/h3,5,7,19H,2,4,6,8H2,1H3,(H,14,15). The van der Waals surface area contributed by atoms with Crippen LogP contribution >= 0.6 is 15.9 Å². The van der Waals surface area contributed by atoms with E-state index in [1.807, 2.05) is 6.07 Å². The number of hydrogen-bond donors (Lipinski definition) is 2. The first-order valence-corrected chi connectivity index (χ1v) is 6.96. The fourth-order valence-corrected chi connectivity index (χ4v) is 2.18. The molecule has 0 fully saturated rings. The van der Waals surface area contributed by atoms with E-state index in [-0.39, 0.29) is 6.61 Å². The van der Waals surface area contributed by atoms with E-state index in [1.54, 1.807) is 24.2 Å². The molecule has 7 nitrogen and oxygen atoms in total. The summed E-state index contributed by atoms with van der Waals surface area (Å²) in [5.41, 5.74) is 0.577. The van der Waals surface area contributed by atoms with Gasteiger partial charge in [-0.25, -0.2) is 4.98 Å². The first-order valence-electron chi connectivity index (χ1n) is 6.17. The number of methoxy groups -OCH3 is 1. The van der Waals surface area contributed by atoms with Gasteiger partial charge in [0.05, 0.1) is 24.4 Å². The lowest BCUT2D eigenvalue weighted by molar-refractivity contribution is 0.276. The van der Waals surface area contributed by atoms with Crippen LogP contribution < -0.4 is 10.1 Å². The van der Waals surface area contributed by atoms with Gasteiger partial charge in [-0.3, -0.25) is 4.68 Å². The van der Waals surface area contributed by atoms with Gasteiger partial charge in [0, 0.05) is 19.3 Å². The van der Waals surface area contributed by atoms with Gasteiger partial charge in [0.25, 0.3) is 0 Å². The fraction of sp³-hybridized carbons (Fsp3) is 0.417. The largest absolute Gasteiger partial charge is 0.492 e. The third-order valence-electron chi connectivity index (χ3n) is 2.67. The summed E-state index contributed by atoms with van der Waals surface area (Å²) in [4.78, 5) is 4.24. The summed E-state index contributed by atoms with van der Waals surface area (Å²) in [6.45, 7) is 1.36. The highest BCUT2D eigenvalue weighted by Crippen LogP contribution is 2.30. The van der Waals surface area contributed by atoms with Crippen LogP contribution in [0.1, 0.15) is 12.1 Å². The molecule has 0 unspecified atom stereocenters. The lowest BCUT2D eigenvalue weighted by Crippen LogP contribution is -2.09. The predicted molar refractivity (Wildman–Crippen MR) is 77.5 cm³/mol. The molecule has 2 rings (SSSR count). The molecule has 108 valence electrons. The molecule has 0 spiro atoms. The first-order chi connectivity index (χ1) is 9.74. The van der Waals surface area contributed by atoms with Gasteiger partial charge in [-0.1, -0.05) is 5.21 Å². The van der Waals surface area contributed by atoms with Crippen molar-refractivity contribution in [1.29, 1.82) is 0 Å². The van der Waals surface area contributed by atoms with E-state index in [0.29, 0.717) is 17.3 Å². The maximum atomic E-state index is 8.90. The molecule has 0 bridgehead atoms. The molecule has 0 amide bonds. The van der Waals surface area contributed by atoms with Crippen LogP contribution in [0.25, 0.3) is 0 Å². The number of nitrogens with one attached hydrogen (secondary N) is 1. The monoisotopic (exact) mass is 341 g/mol. The predicted octanol–water partition coefficient (Wildman–Crippen LogP) is 1.44. The lowest BCUT2D eigenvalue weighted by Gasteiger charge is -2.11. The van der Waals surface area contributed by atoms with Crippen LogP contribution in [0.3, 0.4) is 0 Å². The molecule has 0 aliphatic heterocycles.